The summed E-state index contributed by atoms with van der Waals surface area (Å²) in [6.45, 7) is 5.59. The Morgan fingerprint density at radius 2 is 1.70 bits per heavy atom. The summed E-state index contributed by atoms with van der Waals surface area (Å²) >= 11 is 6.14. The van der Waals surface area contributed by atoms with Gasteiger partial charge in [0.05, 0.1) is 6.61 Å². The molecule has 0 amide bonds. The van der Waals surface area contributed by atoms with E-state index in [1.165, 1.54) is 0 Å². The maximum Gasteiger partial charge on any atom is 0.119 e. The van der Waals surface area contributed by atoms with Gasteiger partial charge >= 0.3 is 0 Å². The topological polar surface area (TPSA) is 21.3 Å². The monoisotopic (exact) mass is 289 g/mol. The fourth-order valence-electron chi connectivity index (χ4n) is 2.04. The minimum atomic E-state index is 0.695. The van der Waals surface area contributed by atoms with Crippen LogP contribution in [0.4, 0.5) is 5.69 Å². The third kappa shape index (κ3) is 4.17. The molecule has 0 aliphatic heterocycles. The minimum Gasteiger partial charge on any atom is -0.494 e. The van der Waals surface area contributed by atoms with E-state index >= 15 is 0 Å². The van der Waals surface area contributed by atoms with Crippen molar-refractivity contribution in [3.05, 3.63) is 58.6 Å². The van der Waals surface area contributed by atoms with Crippen molar-refractivity contribution in [2.75, 3.05) is 18.5 Å². The summed E-state index contributed by atoms with van der Waals surface area (Å²) in [4.78, 5) is 0. The molecule has 0 bridgehead atoms. The number of ether oxygens (including phenoxy) is 1. The molecule has 0 aliphatic rings. The van der Waals surface area contributed by atoms with E-state index in [0.717, 1.165) is 40.6 Å². The minimum absolute atomic E-state index is 0.695. The second kappa shape index (κ2) is 7.20. The van der Waals surface area contributed by atoms with Crippen LogP contribution in [0.5, 0.6) is 5.75 Å². The number of aryl methyl sites for hydroxylation is 2. The number of benzene rings is 2. The van der Waals surface area contributed by atoms with Crippen LogP contribution in [0.25, 0.3) is 0 Å². The zero-order valence-electron chi connectivity index (χ0n) is 11.9. The Kier molecular flexibility index (Phi) is 5.31. The van der Waals surface area contributed by atoms with Crippen molar-refractivity contribution in [1.82, 2.24) is 0 Å². The second-order valence-corrected chi connectivity index (χ2v) is 5.24. The second-order valence-electron chi connectivity index (χ2n) is 4.87. The van der Waals surface area contributed by atoms with E-state index in [4.69, 9.17) is 16.3 Å². The van der Waals surface area contributed by atoms with Crippen molar-refractivity contribution >= 4 is 17.3 Å². The number of hydrogen-bond donors (Lipinski definition) is 1. The number of nitrogens with one attached hydrogen (secondary N) is 1. The Hall–Kier alpha value is -1.67. The van der Waals surface area contributed by atoms with Crippen LogP contribution in [0.15, 0.2) is 42.5 Å². The molecule has 20 heavy (non-hydrogen) atoms. The Morgan fingerprint density at radius 3 is 2.35 bits per heavy atom. The molecular weight excluding hydrogens is 270 g/mol. The van der Waals surface area contributed by atoms with Crippen molar-refractivity contribution in [1.29, 1.82) is 0 Å². The molecule has 2 rings (SSSR count). The first kappa shape index (κ1) is 14.7. The average Bonchev–Trinajstić information content (AvgIpc) is 2.45. The van der Waals surface area contributed by atoms with E-state index in [0.29, 0.717) is 6.61 Å². The van der Waals surface area contributed by atoms with Crippen LogP contribution >= 0.6 is 11.6 Å². The number of rotatable bonds is 6. The van der Waals surface area contributed by atoms with Crippen LogP contribution in [-0.2, 0) is 0 Å². The van der Waals surface area contributed by atoms with E-state index in [9.17, 15) is 0 Å². The van der Waals surface area contributed by atoms with Gasteiger partial charge in [-0.25, -0.2) is 0 Å². The summed E-state index contributed by atoms with van der Waals surface area (Å²) in [5, 5.41) is 4.18. The van der Waals surface area contributed by atoms with Gasteiger partial charge in [-0.15, -0.1) is 0 Å². The maximum absolute atomic E-state index is 6.14. The predicted molar refractivity (Wildman–Crippen MR) is 86.0 cm³/mol. The third-order valence-corrected chi connectivity index (χ3v) is 3.70. The normalized spacial score (nSPS) is 10.3. The van der Waals surface area contributed by atoms with Crippen molar-refractivity contribution in [3.63, 3.8) is 0 Å². The first-order chi connectivity index (χ1) is 9.66. The lowest BCUT2D eigenvalue weighted by atomic mass is 10.1. The average molecular weight is 290 g/mol. The highest BCUT2D eigenvalue weighted by Gasteiger charge is 2.03. The molecule has 0 heterocycles. The molecule has 0 fully saturated rings. The lowest BCUT2D eigenvalue weighted by Gasteiger charge is -2.10. The van der Waals surface area contributed by atoms with Crippen LogP contribution in [-0.4, -0.2) is 13.2 Å². The molecule has 0 spiro atoms. The largest absolute Gasteiger partial charge is 0.494 e. The van der Waals surface area contributed by atoms with E-state index in [2.05, 4.69) is 17.4 Å². The van der Waals surface area contributed by atoms with Crippen molar-refractivity contribution in [2.45, 2.75) is 20.3 Å². The van der Waals surface area contributed by atoms with E-state index in [-0.39, 0.29) is 0 Å². The molecule has 0 radical (unpaired) electrons. The highest BCUT2D eigenvalue weighted by Crippen LogP contribution is 2.25. The first-order valence-electron chi connectivity index (χ1n) is 6.85. The summed E-state index contributed by atoms with van der Waals surface area (Å²) in [7, 11) is 0. The molecular formula is C17H20ClNO. The zero-order chi connectivity index (χ0) is 14.4. The van der Waals surface area contributed by atoms with Crippen LogP contribution < -0.4 is 10.1 Å². The molecule has 2 nitrogen and oxygen atoms in total. The van der Waals surface area contributed by atoms with Gasteiger partial charge in [0.1, 0.15) is 5.75 Å². The molecule has 2 aromatic carbocycles. The van der Waals surface area contributed by atoms with Crippen molar-refractivity contribution in [2.24, 2.45) is 0 Å². The smallest absolute Gasteiger partial charge is 0.119 e. The highest BCUT2D eigenvalue weighted by molar-refractivity contribution is 6.32. The molecule has 2 aromatic rings. The highest BCUT2D eigenvalue weighted by atomic mass is 35.5. The summed E-state index contributed by atoms with van der Waals surface area (Å²) < 4.78 is 5.76. The van der Waals surface area contributed by atoms with E-state index in [1.54, 1.807) is 0 Å². The van der Waals surface area contributed by atoms with Gasteiger partial charge in [-0.2, -0.15) is 0 Å². The quantitative estimate of drug-likeness (QED) is 0.769. The van der Waals surface area contributed by atoms with Crippen LogP contribution in [0.3, 0.4) is 0 Å². The Labute approximate surface area is 125 Å². The van der Waals surface area contributed by atoms with E-state index < -0.39 is 0 Å². The molecule has 0 atom stereocenters. The van der Waals surface area contributed by atoms with Crippen LogP contribution in [0.1, 0.15) is 17.5 Å². The molecule has 3 heteroatoms. The predicted octanol–water partition coefficient (Wildman–Crippen LogP) is 4.84. The van der Waals surface area contributed by atoms with Gasteiger partial charge in [0, 0.05) is 17.3 Å². The Morgan fingerprint density at radius 1 is 1.05 bits per heavy atom. The number of hydrogen-bond acceptors (Lipinski definition) is 2. The maximum atomic E-state index is 6.14. The summed E-state index contributed by atoms with van der Waals surface area (Å²) in [6, 6.07) is 14.2. The van der Waals surface area contributed by atoms with Gasteiger partial charge in [0.15, 0.2) is 0 Å². The van der Waals surface area contributed by atoms with Gasteiger partial charge in [-0.05, 0) is 55.7 Å². The van der Waals surface area contributed by atoms with Gasteiger partial charge in [0.2, 0.25) is 0 Å². The van der Waals surface area contributed by atoms with Gasteiger partial charge in [-0.1, -0.05) is 29.8 Å². The molecule has 0 aromatic heterocycles. The van der Waals surface area contributed by atoms with Crippen molar-refractivity contribution < 1.29 is 4.74 Å². The lowest BCUT2D eigenvalue weighted by Crippen LogP contribution is -2.07. The number of anilines is 1. The first-order valence-corrected chi connectivity index (χ1v) is 7.23. The Balaban J connectivity index is 1.74. The van der Waals surface area contributed by atoms with Crippen molar-refractivity contribution in [3.8, 4) is 5.75 Å². The standard InChI is InChI=1S/C17H20ClNO/c1-13-11-16(12-14(2)17(13)18)20-10-6-9-19-15-7-4-3-5-8-15/h3-5,7-8,11-12,19H,6,9-10H2,1-2H3. The van der Waals surface area contributed by atoms with Gasteiger partial charge in [-0.3, -0.25) is 0 Å². The number of para-hydroxylation sites is 1. The zero-order valence-corrected chi connectivity index (χ0v) is 12.7. The fraction of sp³-hybridized carbons (Fsp3) is 0.294. The fourth-order valence-corrected chi connectivity index (χ4v) is 2.15. The Bertz CT molecular complexity index is 531. The molecule has 106 valence electrons. The third-order valence-electron chi connectivity index (χ3n) is 3.10. The molecule has 0 saturated heterocycles. The summed E-state index contributed by atoms with van der Waals surface area (Å²) in [6.07, 6.45) is 0.954. The molecule has 1 N–H and O–H groups in total. The summed E-state index contributed by atoms with van der Waals surface area (Å²) in [5.41, 5.74) is 3.26. The molecule has 0 aliphatic carbocycles. The van der Waals surface area contributed by atoms with Crippen LogP contribution in [0, 0.1) is 13.8 Å². The lowest BCUT2D eigenvalue weighted by molar-refractivity contribution is 0.314. The molecule has 0 saturated carbocycles. The van der Waals surface area contributed by atoms with Gasteiger partial charge < -0.3 is 10.1 Å². The van der Waals surface area contributed by atoms with Crippen LogP contribution in [0.2, 0.25) is 5.02 Å². The molecule has 0 unspecified atom stereocenters. The summed E-state index contributed by atoms with van der Waals surface area (Å²) in [5.74, 6) is 0.893. The SMILES string of the molecule is Cc1cc(OCCCNc2ccccc2)cc(C)c1Cl. The van der Waals surface area contributed by atoms with E-state index in [1.807, 2.05) is 44.2 Å². The number of halogens is 1. The van der Waals surface area contributed by atoms with Gasteiger partial charge in [0.25, 0.3) is 0 Å².